The number of carboxylic acid groups (broad SMARTS) is 1. The van der Waals surface area contributed by atoms with Gasteiger partial charge in [-0.05, 0) is 32.3 Å². The molecule has 1 unspecified atom stereocenters. The fourth-order valence-electron chi connectivity index (χ4n) is 1.81. The normalized spacial score (nSPS) is 14.4. The van der Waals surface area contributed by atoms with Crippen LogP contribution in [0.25, 0.3) is 0 Å². The molecule has 0 fully saturated rings. The number of allylic oxidation sites excluding steroid dienone is 1. The molecule has 0 saturated heterocycles. The van der Waals surface area contributed by atoms with E-state index in [2.05, 4.69) is 0 Å². The summed E-state index contributed by atoms with van der Waals surface area (Å²) in [6, 6.07) is -2.60. The van der Waals surface area contributed by atoms with Crippen molar-refractivity contribution in [3.63, 3.8) is 0 Å². The molecule has 0 aliphatic rings. The molecule has 8 nitrogen and oxygen atoms in total. The van der Waals surface area contributed by atoms with E-state index in [-0.39, 0.29) is 13.2 Å². The summed E-state index contributed by atoms with van der Waals surface area (Å²) >= 11 is 0. The second-order valence-electron chi connectivity index (χ2n) is 8.08. The van der Waals surface area contributed by atoms with E-state index in [9.17, 15) is 23.5 Å². The highest BCUT2D eigenvalue weighted by Crippen LogP contribution is 2.33. The Morgan fingerprint density at radius 2 is 1.68 bits per heavy atom. The van der Waals surface area contributed by atoms with Gasteiger partial charge in [0.1, 0.15) is 5.60 Å². The van der Waals surface area contributed by atoms with E-state index in [1.807, 2.05) is 0 Å². The summed E-state index contributed by atoms with van der Waals surface area (Å²) in [6.07, 6.45) is -0.203. The van der Waals surface area contributed by atoms with Crippen LogP contribution in [0.3, 0.4) is 0 Å². The van der Waals surface area contributed by atoms with Crippen LogP contribution in [0, 0.1) is 5.41 Å². The molecule has 0 saturated carbocycles. The summed E-state index contributed by atoms with van der Waals surface area (Å²) in [5, 5.41) is 11.0. The molecule has 1 amide bonds. The Bertz CT molecular complexity index is 551. The van der Waals surface area contributed by atoms with Crippen LogP contribution in [-0.4, -0.2) is 61.9 Å². The summed E-state index contributed by atoms with van der Waals surface area (Å²) in [6.45, 7) is 9.25. The van der Waals surface area contributed by atoms with Crippen molar-refractivity contribution in [1.82, 2.24) is 5.32 Å². The molecule has 0 aromatic heterocycles. The van der Waals surface area contributed by atoms with Crippen molar-refractivity contribution in [2.24, 2.45) is 5.41 Å². The van der Waals surface area contributed by atoms with Gasteiger partial charge in [-0.2, -0.15) is 8.78 Å². The highest BCUT2D eigenvalue weighted by atomic mass is 19.3. The number of amides is 1. The first-order valence-corrected chi connectivity index (χ1v) is 8.63. The second kappa shape index (κ2) is 10.6. The zero-order valence-corrected chi connectivity index (χ0v) is 17.4. The number of carboxylic acids is 1. The first-order chi connectivity index (χ1) is 12.6. The van der Waals surface area contributed by atoms with Crippen LogP contribution in [0.2, 0.25) is 0 Å². The molecule has 0 spiro atoms. The van der Waals surface area contributed by atoms with Crippen LogP contribution < -0.4 is 5.32 Å². The van der Waals surface area contributed by atoms with Crippen molar-refractivity contribution in [2.75, 3.05) is 27.1 Å². The smallest absolute Gasteiger partial charge is 0.408 e. The maximum atomic E-state index is 15.0. The topological polar surface area (TPSA) is 103 Å². The van der Waals surface area contributed by atoms with Gasteiger partial charge in [-0.15, -0.1) is 0 Å². The number of halogens is 2. The number of methoxy groups -OCH3 is 1. The number of hydrogen-bond donors (Lipinski definition) is 2. The quantitative estimate of drug-likeness (QED) is 0.323. The molecule has 2 N–H and O–H groups in total. The highest BCUT2D eigenvalue weighted by Gasteiger charge is 2.51. The first-order valence-electron chi connectivity index (χ1n) is 8.63. The molecular weight excluding hydrogens is 380 g/mol. The van der Waals surface area contributed by atoms with Crippen LogP contribution >= 0.6 is 0 Å². The molecule has 0 aliphatic carbocycles. The lowest BCUT2D eigenvalue weighted by Crippen LogP contribution is -2.55. The van der Waals surface area contributed by atoms with Crippen molar-refractivity contribution in [1.29, 1.82) is 0 Å². The highest BCUT2D eigenvalue weighted by molar-refractivity contribution is 5.81. The Morgan fingerprint density at radius 1 is 1.11 bits per heavy atom. The van der Waals surface area contributed by atoms with Gasteiger partial charge < -0.3 is 29.4 Å². The molecule has 28 heavy (non-hydrogen) atoms. The van der Waals surface area contributed by atoms with Crippen molar-refractivity contribution in [3.05, 3.63) is 11.8 Å². The molecule has 0 heterocycles. The van der Waals surface area contributed by atoms with Gasteiger partial charge in [0.2, 0.25) is 6.04 Å². The number of rotatable bonds is 10. The average molecular weight is 411 g/mol. The van der Waals surface area contributed by atoms with Crippen molar-refractivity contribution in [2.45, 2.75) is 59.1 Å². The Balaban J connectivity index is 5.55. The van der Waals surface area contributed by atoms with Gasteiger partial charge in [0.15, 0.2) is 12.6 Å². The van der Waals surface area contributed by atoms with E-state index in [1.165, 1.54) is 27.9 Å². The van der Waals surface area contributed by atoms with E-state index in [0.717, 1.165) is 6.08 Å². The number of carbonyl (C=O) groups is 2. The zero-order chi connectivity index (χ0) is 22.2. The van der Waals surface area contributed by atoms with Crippen LogP contribution in [0.5, 0.6) is 0 Å². The second-order valence-corrected chi connectivity index (χ2v) is 8.08. The van der Waals surface area contributed by atoms with Crippen LogP contribution in [-0.2, 0) is 23.7 Å². The third-order valence-corrected chi connectivity index (χ3v) is 2.89. The number of aliphatic carboxylic acids is 1. The molecule has 10 heteroatoms. The first kappa shape index (κ1) is 26.1. The van der Waals surface area contributed by atoms with Crippen molar-refractivity contribution < 1.29 is 42.4 Å². The van der Waals surface area contributed by atoms with Gasteiger partial charge >= 0.3 is 18.0 Å². The number of hydrogen-bond acceptors (Lipinski definition) is 6. The van der Waals surface area contributed by atoms with Crippen molar-refractivity contribution in [3.8, 4) is 0 Å². The molecule has 164 valence electrons. The Hall–Kier alpha value is -1.94. The number of carbonyl (C=O) groups excluding carboxylic acids is 1. The van der Waals surface area contributed by atoms with Gasteiger partial charge in [-0.1, -0.05) is 20.8 Å². The molecule has 0 bridgehead atoms. The van der Waals surface area contributed by atoms with E-state index in [0.29, 0.717) is 0 Å². The van der Waals surface area contributed by atoms with E-state index in [1.54, 1.807) is 26.1 Å². The minimum atomic E-state index is -4.07. The Morgan fingerprint density at radius 3 is 2.11 bits per heavy atom. The molecule has 0 aromatic rings. The summed E-state index contributed by atoms with van der Waals surface area (Å²) in [5.41, 5.74) is -1.75. The summed E-state index contributed by atoms with van der Waals surface area (Å²) in [5.74, 6) is -6.94. The van der Waals surface area contributed by atoms with E-state index in [4.69, 9.17) is 18.9 Å². The van der Waals surface area contributed by atoms with Gasteiger partial charge in [0, 0.05) is 7.11 Å². The number of nitrogens with one attached hydrogen (secondary N) is 1. The lowest BCUT2D eigenvalue weighted by molar-refractivity contribution is -0.154. The SMILES string of the molecule is COCCOCO/C(=C\C(C)(C)C)C(F)(F)C(NC(=O)OC(C)(C)C)C(=O)O. The fraction of sp³-hybridized carbons (Fsp3) is 0.778. The van der Waals surface area contributed by atoms with Crippen molar-refractivity contribution >= 4 is 12.1 Å². The Labute approximate surface area is 164 Å². The largest absolute Gasteiger partial charge is 0.480 e. The van der Waals surface area contributed by atoms with E-state index < -0.39 is 47.6 Å². The monoisotopic (exact) mass is 411 g/mol. The molecular formula is C18H31F2NO7. The molecule has 0 radical (unpaired) electrons. The third-order valence-electron chi connectivity index (χ3n) is 2.89. The molecule has 1 atom stereocenters. The van der Waals surface area contributed by atoms with E-state index >= 15 is 0 Å². The number of alkyl carbamates (subject to hydrolysis) is 1. The standard InChI is InChI=1S/C18H31F2NO7/c1-16(2,3)10-12(27-11-26-9-8-25-7)18(19,20)13(14(22)23)21-15(24)28-17(4,5)6/h10,13H,8-9,11H2,1-7H3,(H,21,24)(H,22,23)/b12-10-. The third kappa shape index (κ3) is 10.4. The van der Waals surface area contributed by atoms with Gasteiger partial charge in [-0.25, -0.2) is 9.59 Å². The van der Waals surface area contributed by atoms with Gasteiger partial charge in [0.25, 0.3) is 0 Å². The zero-order valence-electron chi connectivity index (χ0n) is 17.4. The van der Waals surface area contributed by atoms with Crippen LogP contribution in [0.1, 0.15) is 41.5 Å². The predicted molar refractivity (Wildman–Crippen MR) is 97.1 cm³/mol. The minimum absolute atomic E-state index is 0.101. The summed E-state index contributed by atoms with van der Waals surface area (Å²) < 4.78 is 49.6. The summed E-state index contributed by atoms with van der Waals surface area (Å²) in [4.78, 5) is 23.3. The average Bonchev–Trinajstić information content (AvgIpc) is 2.47. The molecule has 0 aliphatic heterocycles. The van der Waals surface area contributed by atoms with Crippen LogP contribution in [0.15, 0.2) is 11.8 Å². The maximum absolute atomic E-state index is 15.0. The maximum Gasteiger partial charge on any atom is 0.408 e. The van der Waals surface area contributed by atoms with Crippen LogP contribution in [0.4, 0.5) is 13.6 Å². The number of alkyl halides is 2. The fourth-order valence-corrected chi connectivity index (χ4v) is 1.81. The molecule has 0 rings (SSSR count). The minimum Gasteiger partial charge on any atom is -0.480 e. The Kier molecular flexibility index (Phi) is 9.83. The number of ether oxygens (including phenoxy) is 4. The summed E-state index contributed by atoms with van der Waals surface area (Å²) in [7, 11) is 1.45. The van der Waals surface area contributed by atoms with Gasteiger partial charge in [0.05, 0.1) is 13.2 Å². The lowest BCUT2D eigenvalue weighted by atomic mass is 9.93. The van der Waals surface area contributed by atoms with Gasteiger partial charge in [-0.3, -0.25) is 0 Å². The molecule has 0 aromatic carbocycles. The lowest BCUT2D eigenvalue weighted by Gasteiger charge is -2.29. The predicted octanol–water partition coefficient (Wildman–Crippen LogP) is 3.17.